The predicted molar refractivity (Wildman–Crippen MR) is 157 cm³/mol. The van der Waals surface area contributed by atoms with Crippen molar-refractivity contribution in [1.29, 1.82) is 0 Å². The molecule has 0 saturated carbocycles. The van der Waals surface area contributed by atoms with Gasteiger partial charge in [0.25, 0.3) is 11.7 Å². The maximum atomic E-state index is 13.6. The van der Waals surface area contributed by atoms with E-state index in [-0.39, 0.29) is 29.2 Å². The van der Waals surface area contributed by atoms with Gasteiger partial charge < -0.3 is 19.6 Å². The molecule has 1 atom stereocenters. The predicted octanol–water partition coefficient (Wildman–Crippen LogP) is 6.74. The van der Waals surface area contributed by atoms with Crippen molar-refractivity contribution in [3.05, 3.63) is 98.6 Å². The monoisotopic (exact) mass is 546 g/mol. The standard InChI is InChI=1S/C32H35ClN2O4/c1-7-34(8-2)24-13-11-22(12-14-24)28-27(29(36)25-16-20(4)17-26(33)31(25)39-6)30(37)32(38)35(28)18-23-15-19(3)9-10-21(23)5/h9-17,28,36H,7-8,18H2,1-6H3/b29-27+. The van der Waals surface area contributed by atoms with Gasteiger partial charge in [0.05, 0.1) is 29.3 Å². The molecule has 1 aliphatic heterocycles. The number of hydrogen-bond donors (Lipinski definition) is 1. The van der Waals surface area contributed by atoms with Crippen molar-refractivity contribution in [1.82, 2.24) is 4.90 Å². The molecule has 1 amide bonds. The maximum Gasteiger partial charge on any atom is 0.295 e. The van der Waals surface area contributed by atoms with Gasteiger partial charge in [0, 0.05) is 25.3 Å². The van der Waals surface area contributed by atoms with E-state index >= 15 is 0 Å². The van der Waals surface area contributed by atoms with Gasteiger partial charge in [0.2, 0.25) is 0 Å². The average molecular weight is 547 g/mol. The van der Waals surface area contributed by atoms with E-state index in [1.807, 2.05) is 63.2 Å². The van der Waals surface area contributed by atoms with E-state index in [0.29, 0.717) is 5.02 Å². The molecule has 3 aromatic rings. The summed E-state index contributed by atoms with van der Waals surface area (Å²) in [7, 11) is 1.45. The minimum Gasteiger partial charge on any atom is -0.507 e. The van der Waals surface area contributed by atoms with Gasteiger partial charge in [-0.05, 0) is 81.1 Å². The van der Waals surface area contributed by atoms with Crippen LogP contribution in [0, 0.1) is 20.8 Å². The number of carbonyl (C=O) groups is 2. The van der Waals surface area contributed by atoms with E-state index in [2.05, 4.69) is 18.7 Å². The Morgan fingerprint density at radius 2 is 1.64 bits per heavy atom. The smallest absolute Gasteiger partial charge is 0.295 e. The molecule has 0 spiro atoms. The second-order valence-corrected chi connectivity index (χ2v) is 10.4. The summed E-state index contributed by atoms with van der Waals surface area (Å²) in [6.45, 7) is 11.9. The van der Waals surface area contributed by atoms with Crippen molar-refractivity contribution in [3.8, 4) is 5.75 Å². The van der Waals surface area contributed by atoms with E-state index in [1.54, 1.807) is 17.0 Å². The Kier molecular flexibility index (Phi) is 8.36. The normalized spacial score (nSPS) is 16.6. The molecule has 4 rings (SSSR count). The fourth-order valence-corrected chi connectivity index (χ4v) is 5.61. The second-order valence-electron chi connectivity index (χ2n) is 9.95. The highest BCUT2D eigenvalue weighted by molar-refractivity contribution is 6.46. The minimum absolute atomic E-state index is 0.0147. The summed E-state index contributed by atoms with van der Waals surface area (Å²) < 4.78 is 5.49. The first-order valence-electron chi connectivity index (χ1n) is 13.1. The molecule has 6 nitrogen and oxygen atoms in total. The number of nitrogens with zero attached hydrogens (tertiary/aromatic N) is 2. The van der Waals surface area contributed by atoms with Crippen LogP contribution in [0.3, 0.4) is 0 Å². The first-order chi connectivity index (χ1) is 18.6. The number of benzene rings is 3. The zero-order chi connectivity index (χ0) is 28.4. The van der Waals surface area contributed by atoms with E-state index in [9.17, 15) is 14.7 Å². The van der Waals surface area contributed by atoms with Crippen LogP contribution in [0.1, 0.15) is 53.3 Å². The Hall–Kier alpha value is -3.77. The van der Waals surface area contributed by atoms with E-state index < -0.39 is 17.7 Å². The van der Waals surface area contributed by atoms with Gasteiger partial charge in [-0.15, -0.1) is 0 Å². The topological polar surface area (TPSA) is 70.1 Å². The molecule has 7 heteroatoms. The lowest BCUT2D eigenvalue weighted by Gasteiger charge is -2.27. The number of aryl methyl sites for hydroxylation is 3. The number of hydrogen-bond acceptors (Lipinski definition) is 5. The molecule has 1 aliphatic rings. The van der Waals surface area contributed by atoms with E-state index in [4.69, 9.17) is 16.3 Å². The third-order valence-corrected chi connectivity index (χ3v) is 7.65. The van der Waals surface area contributed by atoms with Crippen LogP contribution in [0.25, 0.3) is 5.76 Å². The molecule has 1 heterocycles. The highest BCUT2D eigenvalue weighted by Gasteiger charge is 2.46. The zero-order valence-corrected chi connectivity index (χ0v) is 24.1. The number of ether oxygens (including phenoxy) is 1. The summed E-state index contributed by atoms with van der Waals surface area (Å²) in [5.74, 6) is -1.46. The van der Waals surface area contributed by atoms with Gasteiger partial charge in [-0.3, -0.25) is 9.59 Å². The third kappa shape index (κ3) is 5.39. The number of Topliss-reactive ketones (excluding diaryl/α,β-unsaturated/α-hetero) is 1. The van der Waals surface area contributed by atoms with E-state index in [0.717, 1.165) is 46.6 Å². The number of carbonyl (C=O) groups excluding carboxylic acids is 2. The molecule has 1 N–H and O–H groups in total. The number of ketones is 1. The number of likely N-dealkylation sites (tertiary alicyclic amines) is 1. The average Bonchev–Trinajstić information content (AvgIpc) is 3.16. The minimum atomic E-state index is -0.792. The van der Waals surface area contributed by atoms with Crippen molar-refractivity contribution in [2.45, 2.75) is 47.2 Å². The van der Waals surface area contributed by atoms with Crippen molar-refractivity contribution in [3.63, 3.8) is 0 Å². The number of anilines is 1. The molecule has 39 heavy (non-hydrogen) atoms. The molecule has 3 aromatic carbocycles. The summed E-state index contributed by atoms with van der Waals surface area (Å²) in [5.41, 5.74) is 5.87. The van der Waals surface area contributed by atoms with E-state index in [1.165, 1.54) is 7.11 Å². The number of halogens is 1. The number of aliphatic hydroxyl groups excluding tert-OH is 1. The van der Waals surface area contributed by atoms with Crippen molar-refractivity contribution in [2.75, 3.05) is 25.1 Å². The number of rotatable bonds is 8. The Labute approximate surface area is 235 Å². The van der Waals surface area contributed by atoms with Crippen LogP contribution in [0.2, 0.25) is 5.02 Å². The maximum absolute atomic E-state index is 13.6. The van der Waals surface area contributed by atoms with Crippen molar-refractivity contribution < 1.29 is 19.4 Å². The van der Waals surface area contributed by atoms with Gasteiger partial charge in [-0.1, -0.05) is 47.5 Å². The molecule has 0 aromatic heterocycles. The van der Waals surface area contributed by atoms with Crippen molar-refractivity contribution in [2.24, 2.45) is 0 Å². The van der Waals surface area contributed by atoms with Gasteiger partial charge in [0.15, 0.2) is 0 Å². The Balaban J connectivity index is 1.92. The molecular weight excluding hydrogens is 512 g/mol. The van der Waals surface area contributed by atoms with Crippen LogP contribution in [0.4, 0.5) is 5.69 Å². The number of methoxy groups -OCH3 is 1. The van der Waals surface area contributed by atoms with Gasteiger partial charge in [-0.25, -0.2) is 0 Å². The lowest BCUT2D eigenvalue weighted by molar-refractivity contribution is -0.140. The Morgan fingerprint density at radius 1 is 0.974 bits per heavy atom. The summed E-state index contributed by atoms with van der Waals surface area (Å²) in [6.07, 6.45) is 0. The largest absolute Gasteiger partial charge is 0.507 e. The molecule has 0 aliphatic carbocycles. The molecule has 204 valence electrons. The fraction of sp³-hybridized carbons (Fsp3) is 0.312. The fourth-order valence-electron chi connectivity index (χ4n) is 5.26. The van der Waals surface area contributed by atoms with Crippen LogP contribution >= 0.6 is 11.6 Å². The lowest BCUT2D eigenvalue weighted by Crippen LogP contribution is -2.29. The first-order valence-corrected chi connectivity index (χ1v) is 13.5. The summed E-state index contributed by atoms with van der Waals surface area (Å²) in [4.78, 5) is 30.9. The van der Waals surface area contributed by atoms with Crippen LogP contribution < -0.4 is 9.64 Å². The Bertz CT molecular complexity index is 1440. The zero-order valence-electron chi connectivity index (χ0n) is 23.3. The molecule has 0 bridgehead atoms. The molecular formula is C32H35ClN2O4. The van der Waals surface area contributed by atoms with Gasteiger partial charge in [0.1, 0.15) is 11.5 Å². The first kappa shape index (κ1) is 28.2. The van der Waals surface area contributed by atoms with Crippen LogP contribution in [-0.4, -0.2) is 41.9 Å². The second kappa shape index (κ2) is 11.5. The van der Waals surface area contributed by atoms with Gasteiger partial charge in [-0.2, -0.15) is 0 Å². The van der Waals surface area contributed by atoms with Crippen LogP contribution in [0.5, 0.6) is 5.75 Å². The summed E-state index contributed by atoms with van der Waals surface area (Å²) >= 11 is 6.42. The highest BCUT2D eigenvalue weighted by atomic mass is 35.5. The Morgan fingerprint density at radius 3 is 2.26 bits per heavy atom. The quantitative estimate of drug-likeness (QED) is 0.192. The number of amides is 1. The van der Waals surface area contributed by atoms with Crippen molar-refractivity contribution >= 4 is 34.7 Å². The molecule has 1 unspecified atom stereocenters. The SMILES string of the molecule is CCN(CC)c1ccc(C2/C(=C(\O)c3cc(C)cc(Cl)c3OC)C(=O)C(=O)N2Cc2cc(C)ccc2C)cc1. The third-order valence-electron chi connectivity index (χ3n) is 7.37. The van der Waals surface area contributed by atoms with Gasteiger partial charge >= 0.3 is 0 Å². The summed E-state index contributed by atoms with van der Waals surface area (Å²) in [5, 5.41) is 11.9. The molecule has 0 radical (unpaired) electrons. The van der Waals surface area contributed by atoms with Crippen LogP contribution in [-0.2, 0) is 16.1 Å². The molecule has 1 fully saturated rings. The molecule has 1 saturated heterocycles. The lowest BCUT2D eigenvalue weighted by atomic mass is 9.94. The summed E-state index contributed by atoms with van der Waals surface area (Å²) in [6, 6.07) is 16.5. The van der Waals surface area contributed by atoms with Crippen LogP contribution in [0.15, 0.2) is 60.2 Å². The highest BCUT2D eigenvalue weighted by Crippen LogP contribution is 2.43. The number of aliphatic hydroxyl groups is 1.